The molecule has 1 aliphatic rings. The van der Waals surface area contributed by atoms with Crippen molar-refractivity contribution in [2.45, 2.75) is 39.2 Å². The molecule has 0 radical (unpaired) electrons. The van der Waals surface area contributed by atoms with Crippen molar-refractivity contribution in [1.29, 1.82) is 0 Å². The number of hydrogen-bond acceptors (Lipinski definition) is 4. The topological polar surface area (TPSA) is 86.5 Å². The molecule has 0 saturated carbocycles. The Labute approximate surface area is 158 Å². The number of rotatable bonds is 6. The van der Waals surface area contributed by atoms with Crippen LogP contribution in [0.25, 0.3) is 0 Å². The SMILES string of the molecule is CCC1(CC(=O)OCc2ccc(C(N)=O)cc2)CC(=O)c2ccccc2C1. The van der Waals surface area contributed by atoms with Crippen LogP contribution in [0.15, 0.2) is 48.5 Å². The van der Waals surface area contributed by atoms with Crippen molar-refractivity contribution in [3.63, 3.8) is 0 Å². The Morgan fingerprint density at radius 1 is 1.07 bits per heavy atom. The Balaban J connectivity index is 1.64. The number of esters is 1. The van der Waals surface area contributed by atoms with Gasteiger partial charge in [-0.3, -0.25) is 14.4 Å². The first kappa shape index (κ1) is 18.8. The van der Waals surface area contributed by atoms with Gasteiger partial charge in [0, 0.05) is 17.5 Å². The van der Waals surface area contributed by atoms with Crippen molar-refractivity contribution in [3.8, 4) is 0 Å². The summed E-state index contributed by atoms with van der Waals surface area (Å²) in [6.07, 6.45) is 2.01. The van der Waals surface area contributed by atoms with Crippen LogP contribution in [0.1, 0.15) is 58.0 Å². The van der Waals surface area contributed by atoms with Crippen molar-refractivity contribution in [1.82, 2.24) is 0 Å². The molecule has 2 aromatic carbocycles. The molecule has 0 fully saturated rings. The lowest BCUT2D eigenvalue weighted by Gasteiger charge is -2.35. The van der Waals surface area contributed by atoms with Crippen LogP contribution in [-0.2, 0) is 22.6 Å². The molecule has 0 aliphatic heterocycles. The molecule has 2 N–H and O–H groups in total. The van der Waals surface area contributed by atoms with E-state index in [0.717, 1.165) is 23.1 Å². The van der Waals surface area contributed by atoms with Crippen LogP contribution in [0.4, 0.5) is 0 Å². The Hall–Kier alpha value is -2.95. The summed E-state index contributed by atoms with van der Waals surface area (Å²) in [6, 6.07) is 14.2. The van der Waals surface area contributed by atoms with E-state index in [4.69, 9.17) is 10.5 Å². The van der Waals surface area contributed by atoms with Gasteiger partial charge in [-0.1, -0.05) is 43.3 Å². The van der Waals surface area contributed by atoms with Crippen LogP contribution in [-0.4, -0.2) is 17.7 Å². The highest BCUT2D eigenvalue weighted by molar-refractivity contribution is 5.99. The van der Waals surface area contributed by atoms with Crippen molar-refractivity contribution in [2.24, 2.45) is 11.1 Å². The van der Waals surface area contributed by atoms with Gasteiger partial charge in [0.2, 0.25) is 5.91 Å². The third kappa shape index (κ3) is 4.25. The van der Waals surface area contributed by atoms with Crippen molar-refractivity contribution < 1.29 is 19.1 Å². The van der Waals surface area contributed by atoms with E-state index in [1.54, 1.807) is 24.3 Å². The first-order valence-corrected chi connectivity index (χ1v) is 9.08. The Bertz CT molecular complexity index is 872. The van der Waals surface area contributed by atoms with Gasteiger partial charge in [0.1, 0.15) is 6.61 Å². The number of carbonyl (C=O) groups is 3. The summed E-state index contributed by atoms with van der Waals surface area (Å²) in [5, 5.41) is 0. The second-order valence-corrected chi connectivity index (χ2v) is 7.19. The molecule has 0 bridgehead atoms. The third-order valence-corrected chi connectivity index (χ3v) is 5.33. The Morgan fingerprint density at radius 3 is 2.44 bits per heavy atom. The molecule has 1 amide bonds. The number of fused-ring (bicyclic) bond motifs is 1. The summed E-state index contributed by atoms with van der Waals surface area (Å²) in [6.45, 7) is 2.14. The maximum Gasteiger partial charge on any atom is 0.306 e. The number of amides is 1. The van der Waals surface area contributed by atoms with Crippen LogP contribution in [0.2, 0.25) is 0 Å². The van der Waals surface area contributed by atoms with Crippen LogP contribution in [0.5, 0.6) is 0 Å². The largest absolute Gasteiger partial charge is 0.461 e. The number of primary amides is 1. The number of benzene rings is 2. The fourth-order valence-corrected chi connectivity index (χ4v) is 3.64. The molecule has 3 rings (SSSR count). The highest BCUT2D eigenvalue weighted by Gasteiger charge is 2.39. The summed E-state index contributed by atoms with van der Waals surface area (Å²) in [5.41, 5.74) is 7.79. The lowest BCUT2D eigenvalue weighted by atomic mass is 9.67. The van der Waals surface area contributed by atoms with Crippen LogP contribution in [0, 0.1) is 5.41 Å². The second-order valence-electron chi connectivity index (χ2n) is 7.19. The predicted molar refractivity (Wildman–Crippen MR) is 101 cm³/mol. The number of carbonyl (C=O) groups excluding carboxylic acids is 3. The monoisotopic (exact) mass is 365 g/mol. The molecule has 2 aromatic rings. The molecule has 0 spiro atoms. The van der Waals surface area contributed by atoms with Crippen LogP contribution >= 0.6 is 0 Å². The van der Waals surface area contributed by atoms with Gasteiger partial charge < -0.3 is 10.5 Å². The molecule has 5 nitrogen and oxygen atoms in total. The standard InChI is InChI=1S/C22H23NO4/c1-2-22(11-17-5-3-4-6-18(17)19(24)12-22)13-20(25)27-14-15-7-9-16(10-8-15)21(23)26/h3-10H,2,11-14H2,1H3,(H2,23,26). The van der Waals surface area contributed by atoms with E-state index >= 15 is 0 Å². The van der Waals surface area contributed by atoms with E-state index in [9.17, 15) is 14.4 Å². The van der Waals surface area contributed by atoms with E-state index in [-0.39, 0.29) is 24.8 Å². The maximum absolute atomic E-state index is 12.5. The molecule has 0 heterocycles. The van der Waals surface area contributed by atoms with Crippen molar-refractivity contribution in [3.05, 3.63) is 70.8 Å². The minimum Gasteiger partial charge on any atom is -0.461 e. The molecule has 27 heavy (non-hydrogen) atoms. The Kier molecular flexibility index (Phi) is 5.40. The van der Waals surface area contributed by atoms with Gasteiger partial charge in [0.15, 0.2) is 5.78 Å². The fraction of sp³-hybridized carbons (Fsp3) is 0.318. The maximum atomic E-state index is 12.5. The summed E-state index contributed by atoms with van der Waals surface area (Å²) in [4.78, 5) is 36.0. The van der Waals surface area contributed by atoms with Gasteiger partial charge >= 0.3 is 5.97 Å². The highest BCUT2D eigenvalue weighted by Crippen LogP contribution is 2.41. The highest BCUT2D eigenvalue weighted by atomic mass is 16.5. The normalized spacial score (nSPS) is 18.6. The fourth-order valence-electron chi connectivity index (χ4n) is 3.64. The van der Waals surface area contributed by atoms with Gasteiger partial charge in [-0.05, 0) is 41.5 Å². The smallest absolute Gasteiger partial charge is 0.306 e. The van der Waals surface area contributed by atoms with E-state index in [0.29, 0.717) is 18.4 Å². The summed E-state index contributed by atoms with van der Waals surface area (Å²) in [5.74, 6) is -0.720. The minimum atomic E-state index is -0.495. The second kappa shape index (κ2) is 7.74. The predicted octanol–water partition coefficient (Wildman–Crippen LogP) is 3.44. The van der Waals surface area contributed by atoms with Gasteiger partial charge in [-0.25, -0.2) is 0 Å². The van der Waals surface area contributed by atoms with Gasteiger partial charge in [0.05, 0.1) is 6.42 Å². The van der Waals surface area contributed by atoms with Gasteiger partial charge in [-0.2, -0.15) is 0 Å². The molecule has 1 aliphatic carbocycles. The Morgan fingerprint density at radius 2 is 1.78 bits per heavy atom. The summed E-state index contributed by atoms with van der Waals surface area (Å²) >= 11 is 0. The van der Waals surface area contributed by atoms with Gasteiger partial charge in [-0.15, -0.1) is 0 Å². The first-order chi connectivity index (χ1) is 12.9. The number of Topliss-reactive ketones (excluding diaryl/α,β-unsaturated/α-hetero) is 1. The van der Waals surface area contributed by atoms with E-state index in [1.807, 2.05) is 31.2 Å². The lowest BCUT2D eigenvalue weighted by Crippen LogP contribution is -2.34. The molecular formula is C22H23NO4. The lowest BCUT2D eigenvalue weighted by molar-refractivity contribution is -0.147. The molecule has 0 aromatic heterocycles. The molecule has 5 heteroatoms. The van der Waals surface area contributed by atoms with E-state index in [2.05, 4.69) is 0 Å². The van der Waals surface area contributed by atoms with Gasteiger partial charge in [0.25, 0.3) is 0 Å². The molecule has 140 valence electrons. The number of ether oxygens (including phenoxy) is 1. The van der Waals surface area contributed by atoms with Crippen LogP contribution < -0.4 is 5.73 Å². The zero-order chi connectivity index (χ0) is 19.4. The minimum absolute atomic E-state index is 0.0912. The zero-order valence-electron chi connectivity index (χ0n) is 15.4. The molecule has 0 saturated heterocycles. The van der Waals surface area contributed by atoms with Crippen LogP contribution in [0.3, 0.4) is 0 Å². The average molecular weight is 365 g/mol. The first-order valence-electron chi connectivity index (χ1n) is 9.08. The molecule has 1 unspecified atom stereocenters. The summed E-state index contributed by atoms with van der Waals surface area (Å²) in [7, 11) is 0. The molecule has 1 atom stereocenters. The molecular weight excluding hydrogens is 342 g/mol. The quantitative estimate of drug-likeness (QED) is 0.795. The summed E-state index contributed by atoms with van der Waals surface area (Å²) < 4.78 is 5.41. The van der Waals surface area contributed by atoms with E-state index < -0.39 is 11.3 Å². The number of ketones is 1. The average Bonchev–Trinajstić information content (AvgIpc) is 2.66. The van der Waals surface area contributed by atoms with Crippen molar-refractivity contribution in [2.75, 3.05) is 0 Å². The third-order valence-electron chi connectivity index (χ3n) is 5.33. The number of nitrogens with two attached hydrogens (primary N) is 1. The van der Waals surface area contributed by atoms with E-state index in [1.165, 1.54) is 0 Å². The number of hydrogen-bond donors (Lipinski definition) is 1. The van der Waals surface area contributed by atoms with Crippen molar-refractivity contribution >= 4 is 17.7 Å². The zero-order valence-corrected chi connectivity index (χ0v) is 15.4.